The Morgan fingerprint density at radius 1 is 1.64 bits per heavy atom. The van der Waals surface area contributed by atoms with Crippen LogP contribution in [0.3, 0.4) is 0 Å². The van der Waals surface area contributed by atoms with Gasteiger partial charge in [-0.3, -0.25) is 0 Å². The van der Waals surface area contributed by atoms with Crippen LogP contribution in [0.2, 0.25) is 0 Å². The number of rotatable bonds is 3. The monoisotopic (exact) mass is 152 g/mol. The van der Waals surface area contributed by atoms with E-state index in [1.54, 1.807) is 0 Å². The molecule has 2 heteroatoms. The summed E-state index contributed by atoms with van der Waals surface area (Å²) >= 11 is 0. The molecule has 0 saturated heterocycles. The minimum atomic E-state index is 0.449. The number of aromatic nitrogens is 1. The van der Waals surface area contributed by atoms with Crippen molar-refractivity contribution >= 4 is 0 Å². The first-order valence-electron chi connectivity index (χ1n) is 4.12. The fraction of sp³-hybridized carbons (Fsp3) is 0.556. The van der Waals surface area contributed by atoms with Crippen LogP contribution in [-0.4, -0.2) is 11.6 Å². The first kappa shape index (κ1) is 8.34. The van der Waals surface area contributed by atoms with Crippen molar-refractivity contribution in [3.8, 4) is 0 Å². The normalized spacial score (nSPS) is 13.4. The summed E-state index contributed by atoms with van der Waals surface area (Å²) in [6.45, 7) is 5.38. The molecule has 1 rings (SSSR count). The predicted molar refractivity (Wildman–Crippen MR) is 47.6 cm³/mol. The lowest BCUT2D eigenvalue weighted by Gasteiger charge is -2.12. The van der Waals surface area contributed by atoms with Crippen LogP contribution in [0.4, 0.5) is 0 Å². The second-order valence-electron chi connectivity index (χ2n) is 2.73. The third-order valence-electron chi connectivity index (χ3n) is 2.08. The van der Waals surface area contributed by atoms with Gasteiger partial charge in [0.2, 0.25) is 0 Å². The topological polar surface area (TPSA) is 17.0 Å². The highest BCUT2D eigenvalue weighted by atomic mass is 15.0. The summed E-state index contributed by atoms with van der Waals surface area (Å²) in [6.07, 6.45) is 2.11. The van der Waals surface area contributed by atoms with Gasteiger partial charge < -0.3 is 9.88 Å². The summed E-state index contributed by atoms with van der Waals surface area (Å²) in [5.41, 5.74) is 1.36. The minimum Gasteiger partial charge on any atom is -0.350 e. The molecule has 2 nitrogen and oxygen atoms in total. The lowest BCUT2D eigenvalue weighted by Crippen LogP contribution is -2.16. The number of nitrogens with zero attached hydrogens (tertiary/aromatic N) is 1. The zero-order chi connectivity index (χ0) is 8.27. The Morgan fingerprint density at radius 2 is 2.36 bits per heavy atom. The molecule has 1 atom stereocenters. The second-order valence-corrected chi connectivity index (χ2v) is 2.73. The Bertz CT molecular complexity index is 215. The number of nitrogens with one attached hydrogen (secondary N) is 1. The molecular formula is C9H16N2. The van der Waals surface area contributed by atoms with Crippen molar-refractivity contribution in [1.82, 2.24) is 9.88 Å². The van der Waals surface area contributed by atoms with Crippen molar-refractivity contribution in [3.63, 3.8) is 0 Å². The fourth-order valence-corrected chi connectivity index (χ4v) is 1.26. The second kappa shape index (κ2) is 3.58. The van der Waals surface area contributed by atoms with Crippen LogP contribution >= 0.6 is 0 Å². The molecule has 0 aliphatic heterocycles. The zero-order valence-corrected chi connectivity index (χ0v) is 7.46. The molecule has 0 aliphatic rings. The fourth-order valence-electron chi connectivity index (χ4n) is 1.26. The Labute approximate surface area is 68.2 Å². The van der Waals surface area contributed by atoms with Gasteiger partial charge in [0.1, 0.15) is 0 Å². The average Bonchev–Trinajstić information content (AvgIpc) is 2.50. The summed E-state index contributed by atoms with van der Waals surface area (Å²) in [6, 6.07) is 4.70. The zero-order valence-electron chi connectivity index (χ0n) is 7.46. The maximum absolute atomic E-state index is 3.22. The van der Waals surface area contributed by atoms with E-state index in [4.69, 9.17) is 0 Å². The van der Waals surface area contributed by atoms with Gasteiger partial charge in [0, 0.05) is 24.5 Å². The summed E-state index contributed by atoms with van der Waals surface area (Å²) in [5, 5.41) is 3.22. The molecule has 0 spiro atoms. The van der Waals surface area contributed by atoms with Gasteiger partial charge >= 0.3 is 0 Å². The molecule has 11 heavy (non-hydrogen) atoms. The van der Waals surface area contributed by atoms with E-state index in [9.17, 15) is 0 Å². The summed E-state index contributed by atoms with van der Waals surface area (Å²) in [5.74, 6) is 0. The molecular weight excluding hydrogens is 136 g/mol. The van der Waals surface area contributed by atoms with Crippen LogP contribution in [0, 0.1) is 0 Å². The van der Waals surface area contributed by atoms with Crippen LogP contribution in [0.15, 0.2) is 18.3 Å². The van der Waals surface area contributed by atoms with E-state index in [1.807, 2.05) is 7.05 Å². The summed E-state index contributed by atoms with van der Waals surface area (Å²) in [7, 11) is 1.98. The van der Waals surface area contributed by atoms with E-state index in [0.717, 1.165) is 6.54 Å². The van der Waals surface area contributed by atoms with Crippen LogP contribution in [0.1, 0.15) is 25.6 Å². The predicted octanol–water partition coefficient (Wildman–Crippen LogP) is 1.79. The van der Waals surface area contributed by atoms with Gasteiger partial charge in [0.15, 0.2) is 0 Å². The van der Waals surface area contributed by atoms with E-state index in [2.05, 4.69) is 42.1 Å². The average molecular weight is 152 g/mol. The van der Waals surface area contributed by atoms with Crippen LogP contribution in [0.25, 0.3) is 0 Å². The number of hydrogen-bond donors (Lipinski definition) is 1. The highest BCUT2D eigenvalue weighted by molar-refractivity contribution is 5.10. The van der Waals surface area contributed by atoms with Crippen molar-refractivity contribution in [2.45, 2.75) is 26.4 Å². The maximum Gasteiger partial charge on any atom is 0.0443 e. The Balaban J connectivity index is 2.83. The van der Waals surface area contributed by atoms with E-state index in [1.165, 1.54) is 5.69 Å². The molecule has 0 fully saturated rings. The van der Waals surface area contributed by atoms with Crippen LogP contribution < -0.4 is 5.32 Å². The largest absolute Gasteiger partial charge is 0.350 e. The maximum atomic E-state index is 3.22. The Kier molecular flexibility index (Phi) is 2.71. The molecule has 0 aromatic carbocycles. The van der Waals surface area contributed by atoms with Gasteiger partial charge in [0.05, 0.1) is 0 Å². The minimum absolute atomic E-state index is 0.449. The third-order valence-corrected chi connectivity index (χ3v) is 2.08. The number of aryl methyl sites for hydroxylation is 1. The van der Waals surface area contributed by atoms with E-state index in [0.29, 0.717) is 6.04 Å². The molecule has 1 heterocycles. The van der Waals surface area contributed by atoms with E-state index >= 15 is 0 Å². The Morgan fingerprint density at radius 3 is 2.91 bits per heavy atom. The highest BCUT2D eigenvalue weighted by Gasteiger charge is 2.05. The van der Waals surface area contributed by atoms with Crippen molar-refractivity contribution in [1.29, 1.82) is 0 Å². The summed E-state index contributed by atoms with van der Waals surface area (Å²) in [4.78, 5) is 0. The first-order chi connectivity index (χ1) is 5.29. The SMILES string of the molecule is CCn1cccc1C(C)NC. The van der Waals surface area contributed by atoms with Gasteiger partial charge in [-0.15, -0.1) is 0 Å². The molecule has 0 bridgehead atoms. The van der Waals surface area contributed by atoms with Crippen molar-refractivity contribution < 1.29 is 0 Å². The van der Waals surface area contributed by atoms with E-state index in [-0.39, 0.29) is 0 Å². The van der Waals surface area contributed by atoms with Gasteiger partial charge in [-0.05, 0) is 33.0 Å². The van der Waals surface area contributed by atoms with Gasteiger partial charge in [-0.25, -0.2) is 0 Å². The van der Waals surface area contributed by atoms with E-state index < -0.39 is 0 Å². The molecule has 1 aromatic heterocycles. The molecule has 1 N–H and O–H groups in total. The summed E-state index contributed by atoms with van der Waals surface area (Å²) < 4.78 is 2.25. The van der Waals surface area contributed by atoms with Crippen molar-refractivity contribution in [3.05, 3.63) is 24.0 Å². The first-order valence-corrected chi connectivity index (χ1v) is 4.12. The smallest absolute Gasteiger partial charge is 0.0443 e. The molecule has 0 radical (unpaired) electrons. The highest BCUT2D eigenvalue weighted by Crippen LogP contribution is 2.11. The Hall–Kier alpha value is -0.760. The molecule has 0 aliphatic carbocycles. The molecule has 1 aromatic rings. The van der Waals surface area contributed by atoms with Crippen molar-refractivity contribution in [2.24, 2.45) is 0 Å². The molecule has 62 valence electrons. The quantitative estimate of drug-likeness (QED) is 0.698. The molecule has 0 saturated carbocycles. The third kappa shape index (κ3) is 1.63. The molecule has 1 unspecified atom stereocenters. The van der Waals surface area contributed by atoms with Gasteiger partial charge in [-0.1, -0.05) is 0 Å². The number of hydrogen-bond acceptors (Lipinski definition) is 1. The van der Waals surface area contributed by atoms with Crippen LogP contribution in [-0.2, 0) is 6.54 Å². The van der Waals surface area contributed by atoms with Crippen molar-refractivity contribution in [2.75, 3.05) is 7.05 Å². The van der Waals surface area contributed by atoms with Crippen LogP contribution in [0.5, 0.6) is 0 Å². The standard InChI is InChI=1S/C9H16N2/c1-4-11-7-5-6-9(11)8(2)10-3/h5-8,10H,4H2,1-3H3. The lowest BCUT2D eigenvalue weighted by molar-refractivity contribution is 0.582. The molecule has 0 amide bonds. The van der Waals surface area contributed by atoms with Gasteiger partial charge in [-0.2, -0.15) is 0 Å². The van der Waals surface area contributed by atoms with Gasteiger partial charge in [0.25, 0.3) is 0 Å². The lowest BCUT2D eigenvalue weighted by atomic mass is 10.2.